The van der Waals surface area contributed by atoms with Gasteiger partial charge >= 0.3 is 12.5 Å². The van der Waals surface area contributed by atoms with Gasteiger partial charge in [0.25, 0.3) is 5.89 Å². The van der Waals surface area contributed by atoms with Crippen LogP contribution in [0.5, 0.6) is 0 Å². The molecule has 1 aliphatic heterocycles. The Bertz CT molecular complexity index is 1240. The quantitative estimate of drug-likeness (QED) is 0.595. The molecule has 2 aromatic heterocycles. The fraction of sp³-hybridized carbons (Fsp3) is 0.300. The van der Waals surface area contributed by atoms with E-state index in [2.05, 4.69) is 15.2 Å². The first kappa shape index (κ1) is 22.7. The van der Waals surface area contributed by atoms with Gasteiger partial charge in [0.15, 0.2) is 0 Å². The van der Waals surface area contributed by atoms with E-state index in [1.807, 2.05) is 0 Å². The number of benzene rings is 1. The number of nitrogens with zero attached hydrogens (tertiary/aromatic N) is 5. The van der Waals surface area contributed by atoms with Gasteiger partial charge in [0, 0.05) is 51.6 Å². The van der Waals surface area contributed by atoms with Crippen LogP contribution >= 0.6 is 0 Å². The number of nitrogens with one attached hydrogen (secondary N) is 1. The number of hydrogen-bond donors (Lipinski definition) is 1. The molecule has 33 heavy (non-hydrogen) atoms. The van der Waals surface area contributed by atoms with Gasteiger partial charge in [0.05, 0.1) is 18.4 Å². The summed E-state index contributed by atoms with van der Waals surface area (Å²) in [5.41, 5.74) is 0.712. The molecule has 1 N–H and O–H groups in total. The zero-order valence-electron chi connectivity index (χ0n) is 17.2. The van der Waals surface area contributed by atoms with Gasteiger partial charge in [-0.05, 0) is 24.3 Å². The van der Waals surface area contributed by atoms with Crippen LogP contribution in [-0.2, 0) is 16.3 Å². The van der Waals surface area contributed by atoms with Gasteiger partial charge in [-0.15, -0.1) is 10.2 Å². The smallest absolute Gasteiger partial charge is 0.324 e. The van der Waals surface area contributed by atoms with Crippen LogP contribution in [0.3, 0.4) is 0 Å². The first-order valence-corrected chi connectivity index (χ1v) is 11.7. The minimum Gasteiger partial charge on any atom is -0.415 e. The highest BCUT2D eigenvalue weighted by molar-refractivity contribution is 7.92. The Labute approximate surface area is 187 Å². The van der Waals surface area contributed by atoms with Crippen molar-refractivity contribution in [1.82, 2.24) is 20.1 Å². The van der Waals surface area contributed by atoms with E-state index in [9.17, 15) is 22.2 Å². The molecule has 1 fully saturated rings. The average Bonchev–Trinajstić information content (AvgIpc) is 3.29. The SMILES string of the molecule is N=S1(=O)CCN(C(=O)N(Cc2ccc(-c3nnc(C(F)F)o3)cc2F)c2cccnc2)CC1. The topological polar surface area (TPSA) is 116 Å². The van der Waals surface area contributed by atoms with Gasteiger partial charge < -0.3 is 9.32 Å². The van der Waals surface area contributed by atoms with Crippen LogP contribution in [0.4, 0.5) is 23.7 Å². The molecule has 3 heterocycles. The Morgan fingerprint density at radius 1 is 1.24 bits per heavy atom. The van der Waals surface area contributed by atoms with Crippen molar-refractivity contribution in [3.63, 3.8) is 0 Å². The van der Waals surface area contributed by atoms with E-state index in [1.165, 1.54) is 34.3 Å². The van der Waals surface area contributed by atoms with Crippen molar-refractivity contribution in [1.29, 1.82) is 4.78 Å². The number of amides is 2. The summed E-state index contributed by atoms with van der Waals surface area (Å²) in [4.78, 5) is 20.1. The second kappa shape index (κ2) is 9.17. The molecule has 0 spiro atoms. The molecule has 0 aliphatic carbocycles. The van der Waals surface area contributed by atoms with E-state index in [0.717, 1.165) is 6.07 Å². The first-order chi connectivity index (χ1) is 15.7. The third-order valence-electron chi connectivity index (χ3n) is 5.10. The second-order valence-electron chi connectivity index (χ2n) is 7.34. The van der Waals surface area contributed by atoms with Crippen molar-refractivity contribution in [3.05, 3.63) is 60.0 Å². The van der Waals surface area contributed by atoms with Crippen LogP contribution in [0.1, 0.15) is 17.9 Å². The predicted octanol–water partition coefficient (Wildman–Crippen LogP) is 3.70. The summed E-state index contributed by atoms with van der Waals surface area (Å²) in [6.07, 6.45) is 0.0644. The van der Waals surface area contributed by atoms with Crippen molar-refractivity contribution >= 4 is 21.4 Å². The number of carbonyl (C=O) groups excluding carboxylic acids is 1. The molecule has 2 amide bonds. The van der Waals surface area contributed by atoms with E-state index in [1.54, 1.807) is 12.1 Å². The lowest BCUT2D eigenvalue weighted by Crippen LogP contribution is -2.49. The standard InChI is InChI=1S/C20H19F3N6O3S/c21-16-10-13(18-26-27-19(32-18)17(22)23)3-4-14(16)12-29(15-2-1-5-25-11-15)20(30)28-6-8-33(24,31)9-7-28/h1-5,10-11,17,24H,6-9,12H2. The normalized spacial score (nSPS) is 15.6. The molecule has 9 nitrogen and oxygen atoms in total. The lowest BCUT2D eigenvalue weighted by molar-refractivity contribution is 0.116. The number of aromatic nitrogens is 3. The lowest BCUT2D eigenvalue weighted by atomic mass is 10.1. The number of rotatable bonds is 5. The van der Waals surface area contributed by atoms with Crippen LogP contribution in [0.25, 0.3) is 11.5 Å². The molecule has 3 aromatic rings. The zero-order chi connectivity index (χ0) is 23.6. The number of urea groups is 1. The van der Waals surface area contributed by atoms with Crippen molar-refractivity contribution in [2.45, 2.75) is 13.0 Å². The van der Waals surface area contributed by atoms with Crippen molar-refractivity contribution < 1.29 is 26.6 Å². The minimum absolute atomic E-state index is 0.0769. The van der Waals surface area contributed by atoms with E-state index in [-0.39, 0.29) is 48.2 Å². The predicted molar refractivity (Wildman–Crippen MR) is 113 cm³/mol. The lowest BCUT2D eigenvalue weighted by Gasteiger charge is -2.33. The largest absolute Gasteiger partial charge is 0.415 e. The van der Waals surface area contributed by atoms with Gasteiger partial charge in [-0.25, -0.2) is 13.4 Å². The number of halogens is 3. The maximum Gasteiger partial charge on any atom is 0.324 e. The molecule has 1 saturated heterocycles. The highest BCUT2D eigenvalue weighted by Gasteiger charge is 2.28. The Morgan fingerprint density at radius 3 is 2.61 bits per heavy atom. The minimum atomic E-state index is -2.94. The van der Waals surface area contributed by atoms with E-state index < -0.39 is 33.9 Å². The Balaban J connectivity index is 1.59. The molecule has 0 saturated carbocycles. The molecule has 0 atom stereocenters. The molecule has 13 heteroatoms. The first-order valence-electron chi connectivity index (χ1n) is 9.84. The fourth-order valence-electron chi connectivity index (χ4n) is 3.29. The molecule has 174 valence electrons. The summed E-state index contributed by atoms with van der Waals surface area (Å²) in [5.74, 6) is -1.65. The van der Waals surface area contributed by atoms with Crippen LogP contribution in [0.15, 0.2) is 47.1 Å². The molecular weight excluding hydrogens is 461 g/mol. The van der Waals surface area contributed by atoms with Crippen LogP contribution < -0.4 is 4.90 Å². The van der Waals surface area contributed by atoms with Gasteiger partial charge in [-0.2, -0.15) is 8.78 Å². The highest BCUT2D eigenvalue weighted by Crippen LogP contribution is 2.26. The van der Waals surface area contributed by atoms with Gasteiger partial charge in [0.2, 0.25) is 5.89 Å². The van der Waals surface area contributed by atoms with E-state index >= 15 is 0 Å². The van der Waals surface area contributed by atoms with E-state index in [4.69, 9.17) is 9.20 Å². The fourth-order valence-corrected chi connectivity index (χ4v) is 4.53. The number of anilines is 1. The van der Waals surface area contributed by atoms with Crippen LogP contribution in [0, 0.1) is 10.6 Å². The Morgan fingerprint density at radius 2 is 2.00 bits per heavy atom. The third kappa shape index (κ3) is 5.13. The summed E-state index contributed by atoms with van der Waals surface area (Å²) in [5, 5.41) is 6.74. The number of hydrogen-bond acceptors (Lipinski definition) is 7. The summed E-state index contributed by atoms with van der Waals surface area (Å²) in [6, 6.07) is 6.76. The van der Waals surface area contributed by atoms with Crippen molar-refractivity contribution in [3.8, 4) is 11.5 Å². The summed E-state index contributed by atoms with van der Waals surface area (Å²) < 4.78 is 64.8. The maximum atomic E-state index is 14.9. The monoisotopic (exact) mass is 480 g/mol. The van der Waals surface area contributed by atoms with E-state index in [0.29, 0.717) is 5.69 Å². The van der Waals surface area contributed by atoms with Gasteiger partial charge in [-0.1, -0.05) is 6.07 Å². The summed E-state index contributed by atoms with van der Waals surface area (Å²) in [7, 11) is -2.69. The van der Waals surface area contributed by atoms with Crippen LogP contribution in [-0.4, -0.2) is 54.9 Å². The number of carbonyl (C=O) groups is 1. The molecule has 1 aliphatic rings. The molecule has 0 radical (unpaired) electrons. The number of alkyl halides is 2. The number of pyridine rings is 1. The molecule has 1 aromatic carbocycles. The highest BCUT2D eigenvalue weighted by atomic mass is 32.2. The van der Waals surface area contributed by atoms with Gasteiger partial charge in [-0.3, -0.25) is 14.7 Å². The molecule has 4 rings (SSSR count). The van der Waals surface area contributed by atoms with Crippen molar-refractivity contribution in [2.75, 3.05) is 29.5 Å². The zero-order valence-corrected chi connectivity index (χ0v) is 18.0. The summed E-state index contributed by atoms with van der Waals surface area (Å²) in [6.45, 7) is 0.168. The third-order valence-corrected chi connectivity index (χ3v) is 6.78. The Hall–Kier alpha value is -3.48. The van der Waals surface area contributed by atoms with Gasteiger partial charge in [0.1, 0.15) is 5.82 Å². The molecule has 0 bridgehead atoms. The van der Waals surface area contributed by atoms with Crippen molar-refractivity contribution in [2.24, 2.45) is 0 Å². The molecular formula is C20H19F3N6O3S. The van der Waals surface area contributed by atoms with Crippen LogP contribution in [0.2, 0.25) is 0 Å². The second-order valence-corrected chi connectivity index (χ2v) is 9.78. The molecule has 0 unspecified atom stereocenters. The maximum absolute atomic E-state index is 14.9. The Kier molecular flexibility index (Phi) is 6.31. The summed E-state index contributed by atoms with van der Waals surface area (Å²) >= 11 is 0. The average molecular weight is 480 g/mol.